The summed E-state index contributed by atoms with van der Waals surface area (Å²) < 4.78 is 5.35. The predicted molar refractivity (Wildman–Crippen MR) is 111 cm³/mol. The molecule has 1 aromatic carbocycles. The predicted octanol–water partition coefficient (Wildman–Crippen LogP) is 3.78. The highest BCUT2D eigenvalue weighted by molar-refractivity contribution is 5.92. The van der Waals surface area contributed by atoms with E-state index in [1.54, 1.807) is 7.11 Å². The van der Waals surface area contributed by atoms with Crippen molar-refractivity contribution in [1.29, 1.82) is 0 Å². The third-order valence-corrected chi connectivity index (χ3v) is 5.61. The number of rotatable bonds is 6. The molecule has 1 saturated heterocycles. The van der Waals surface area contributed by atoms with Gasteiger partial charge in [0.15, 0.2) is 0 Å². The number of aryl methyl sites for hydroxylation is 1. The number of aromatic nitrogens is 4. The maximum Gasteiger partial charge on any atom is 0.274 e. The molecule has 7 heteroatoms. The van der Waals surface area contributed by atoms with Gasteiger partial charge >= 0.3 is 0 Å². The van der Waals surface area contributed by atoms with Crippen LogP contribution in [0.4, 0.5) is 0 Å². The number of piperidine rings is 1. The lowest BCUT2D eigenvalue weighted by molar-refractivity contribution is 0.0706. The van der Waals surface area contributed by atoms with E-state index in [1.165, 1.54) is 0 Å². The molecule has 2 N–H and O–H groups in total. The van der Waals surface area contributed by atoms with E-state index in [9.17, 15) is 4.79 Å². The Balaban J connectivity index is 1.44. The van der Waals surface area contributed by atoms with Crippen molar-refractivity contribution in [3.8, 4) is 16.9 Å². The lowest BCUT2D eigenvalue weighted by atomic mass is 9.89. The van der Waals surface area contributed by atoms with Gasteiger partial charge in [-0.25, -0.2) is 0 Å². The Hall–Kier alpha value is -3.09. The Morgan fingerprint density at radius 1 is 1.24 bits per heavy atom. The van der Waals surface area contributed by atoms with E-state index in [4.69, 9.17) is 4.74 Å². The number of H-pyrrole nitrogens is 2. The van der Waals surface area contributed by atoms with Crippen LogP contribution in [0, 0.1) is 0 Å². The molecule has 29 heavy (non-hydrogen) atoms. The fraction of sp³-hybridized carbons (Fsp3) is 0.409. The normalized spacial score (nSPS) is 14.9. The van der Waals surface area contributed by atoms with Gasteiger partial charge in [0.1, 0.15) is 11.4 Å². The first-order chi connectivity index (χ1) is 14.2. The first kappa shape index (κ1) is 19.2. The van der Waals surface area contributed by atoms with Crippen molar-refractivity contribution in [2.45, 2.75) is 38.5 Å². The minimum Gasteiger partial charge on any atom is -0.497 e. The van der Waals surface area contributed by atoms with E-state index in [0.29, 0.717) is 11.6 Å². The molecule has 0 bridgehead atoms. The standard InChI is InChI=1S/C22H27N5O2/c1-3-5-17-13-20(25-24-17)22(28)27-10-8-15(9-11-27)21-19(14-23-26-21)16-6-4-7-18(12-16)29-2/h4,6-7,12-15H,3,5,8-11H2,1-2H3,(H,23,26)(H,24,25). The Morgan fingerprint density at radius 2 is 2.07 bits per heavy atom. The van der Waals surface area contributed by atoms with Gasteiger partial charge in [-0.1, -0.05) is 25.5 Å². The summed E-state index contributed by atoms with van der Waals surface area (Å²) in [4.78, 5) is 14.7. The smallest absolute Gasteiger partial charge is 0.274 e. The van der Waals surface area contributed by atoms with Crippen molar-refractivity contribution >= 4 is 5.91 Å². The SMILES string of the molecule is CCCc1cc(C(=O)N2CCC(c3[nH]ncc3-c3cccc(OC)c3)CC2)n[nH]1. The number of nitrogens with one attached hydrogen (secondary N) is 2. The van der Waals surface area contributed by atoms with Gasteiger partial charge in [0.25, 0.3) is 5.91 Å². The summed E-state index contributed by atoms with van der Waals surface area (Å²) in [5.41, 5.74) is 4.86. The number of aromatic amines is 2. The van der Waals surface area contributed by atoms with Crippen LogP contribution in [0.15, 0.2) is 36.5 Å². The van der Waals surface area contributed by atoms with Gasteiger partial charge < -0.3 is 9.64 Å². The lowest BCUT2D eigenvalue weighted by Crippen LogP contribution is -2.38. The van der Waals surface area contributed by atoms with E-state index in [-0.39, 0.29) is 5.91 Å². The number of hydrogen-bond donors (Lipinski definition) is 2. The number of likely N-dealkylation sites (tertiary alicyclic amines) is 1. The third kappa shape index (κ3) is 4.04. The molecular weight excluding hydrogens is 366 g/mol. The number of ether oxygens (including phenoxy) is 1. The van der Waals surface area contributed by atoms with Gasteiger partial charge in [-0.15, -0.1) is 0 Å². The average Bonchev–Trinajstić information content (AvgIpc) is 3.44. The van der Waals surface area contributed by atoms with Crippen LogP contribution in [0.25, 0.3) is 11.1 Å². The van der Waals surface area contributed by atoms with E-state index in [0.717, 1.165) is 67.0 Å². The zero-order valence-electron chi connectivity index (χ0n) is 16.9. The summed E-state index contributed by atoms with van der Waals surface area (Å²) in [7, 11) is 1.67. The summed E-state index contributed by atoms with van der Waals surface area (Å²) in [6.07, 6.45) is 5.62. The molecule has 2 aromatic heterocycles. The zero-order chi connectivity index (χ0) is 20.2. The fourth-order valence-corrected chi connectivity index (χ4v) is 4.03. The molecule has 1 fully saturated rings. The van der Waals surface area contributed by atoms with Crippen molar-refractivity contribution in [2.75, 3.05) is 20.2 Å². The van der Waals surface area contributed by atoms with Gasteiger partial charge in [0, 0.05) is 36.0 Å². The maximum absolute atomic E-state index is 12.8. The number of methoxy groups -OCH3 is 1. The number of benzene rings is 1. The fourth-order valence-electron chi connectivity index (χ4n) is 4.03. The third-order valence-electron chi connectivity index (χ3n) is 5.61. The number of amides is 1. The van der Waals surface area contributed by atoms with Gasteiger partial charge in [-0.05, 0) is 43.0 Å². The van der Waals surface area contributed by atoms with Gasteiger partial charge in [0.2, 0.25) is 0 Å². The first-order valence-corrected chi connectivity index (χ1v) is 10.2. The quantitative estimate of drug-likeness (QED) is 0.667. The molecule has 3 aromatic rings. The molecule has 7 nitrogen and oxygen atoms in total. The van der Waals surface area contributed by atoms with E-state index < -0.39 is 0 Å². The van der Waals surface area contributed by atoms with Crippen LogP contribution >= 0.6 is 0 Å². The minimum absolute atomic E-state index is 0.0136. The van der Waals surface area contributed by atoms with Crippen LogP contribution < -0.4 is 4.74 Å². The molecule has 152 valence electrons. The molecule has 1 aliphatic heterocycles. The number of hydrogen-bond acceptors (Lipinski definition) is 4. The second-order valence-corrected chi connectivity index (χ2v) is 7.52. The molecule has 3 heterocycles. The number of carbonyl (C=O) groups excluding carboxylic acids is 1. The average molecular weight is 393 g/mol. The zero-order valence-corrected chi connectivity index (χ0v) is 16.9. The van der Waals surface area contributed by atoms with Crippen LogP contribution in [0.5, 0.6) is 5.75 Å². The summed E-state index contributed by atoms with van der Waals surface area (Å²) in [5, 5.41) is 14.7. The molecule has 0 atom stereocenters. The van der Waals surface area contributed by atoms with Crippen molar-refractivity contribution in [1.82, 2.24) is 25.3 Å². The van der Waals surface area contributed by atoms with Crippen LogP contribution in [-0.4, -0.2) is 51.4 Å². The molecule has 0 aliphatic carbocycles. The Morgan fingerprint density at radius 3 is 2.83 bits per heavy atom. The molecule has 0 radical (unpaired) electrons. The Labute approximate surface area is 170 Å². The van der Waals surface area contributed by atoms with E-state index in [1.807, 2.05) is 35.4 Å². The van der Waals surface area contributed by atoms with Crippen LogP contribution in [0.3, 0.4) is 0 Å². The summed E-state index contributed by atoms with van der Waals surface area (Å²) in [6.45, 7) is 3.55. The molecule has 0 spiro atoms. The van der Waals surface area contributed by atoms with Gasteiger partial charge in [-0.3, -0.25) is 15.0 Å². The Bertz CT molecular complexity index is 969. The molecule has 0 unspecified atom stereocenters. The van der Waals surface area contributed by atoms with E-state index in [2.05, 4.69) is 33.4 Å². The monoisotopic (exact) mass is 393 g/mol. The molecule has 1 amide bonds. The van der Waals surface area contributed by atoms with Gasteiger partial charge in [0.05, 0.1) is 13.3 Å². The lowest BCUT2D eigenvalue weighted by Gasteiger charge is -2.31. The van der Waals surface area contributed by atoms with Crippen LogP contribution in [0.1, 0.15) is 54.0 Å². The van der Waals surface area contributed by atoms with Crippen molar-refractivity contribution < 1.29 is 9.53 Å². The molecule has 4 rings (SSSR count). The highest BCUT2D eigenvalue weighted by atomic mass is 16.5. The highest BCUT2D eigenvalue weighted by Crippen LogP contribution is 2.35. The van der Waals surface area contributed by atoms with Crippen molar-refractivity contribution in [3.63, 3.8) is 0 Å². The number of carbonyl (C=O) groups is 1. The molecule has 1 aliphatic rings. The summed E-state index contributed by atoms with van der Waals surface area (Å²) >= 11 is 0. The van der Waals surface area contributed by atoms with Crippen molar-refractivity contribution in [2.24, 2.45) is 0 Å². The molecular formula is C22H27N5O2. The summed E-state index contributed by atoms with van der Waals surface area (Å²) in [6, 6.07) is 9.91. The molecule has 0 saturated carbocycles. The second-order valence-electron chi connectivity index (χ2n) is 7.52. The number of nitrogens with zero attached hydrogens (tertiary/aromatic N) is 3. The van der Waals surface area contributed by atoms with Gasteiger partial charge in [-0.2, -0.15) is 10.2 Å². The minimum atomic E-state index is 0.0136. The largest absolute Gasteiger partial charge is 0.497 e. The highest BCUT2D eigenvalue weighted by Gasteiger charge is 2.28. The van der Waals surface area contributed by atoms with Crippen LogP contribution in [-0.2, 0) is 6.42 Å². The first-order valence-electron chi connectivity index (χ1n) is 10.2. The second kappa shape index (κ2) is 8.51. The van der Waals surface area contributed by atoms with E-state index >= 15 is 0 Å². The Kier molecular flexibility index (Phi) is 5.64. The topological polar surface area (TPSA) is 86.9 Å². The summed E-state index contributed by atoms with van der Waals surface area (Å²) in [5.74, 6) is 1.19. The van der Waals surface area contributed by atoms with Crippen molar-refractivity contribution in [3.05, 3.63) is 53.6 Å². The van der Waals surface area contributed by atoms with Crippen LogP contribution in [0.2, 0.25) is 0 Å². The maximum atomic E-state index is 12.8.